The highest BCUT2D eigenvalue weighted by Crippen LogP contribution is 2.29. The lowest BCUT2D eigenvalue weighted by Crippen LogP contribution is -1.98. The Hall–Kier alpha value is -2.16. The van der Waals surface area contributed by atoms with E-state index in [0.717, 1.165) is 29.2 Å². The SMILES string of the molecule is CCc1ccc(OCc2ccc(N)cc2)c(OC)c1. The second-order valence-corrected chi connectivity index (χ2v) is 4.37. The number of methoxy groups -OCH3 is 1. The molecule has 19 heavy (non-hydrogen) atoms. The molecule has 0 saturated heterocycles. The second-order valence-electron chi connectivity index (χ2n) is 4.37. The summed E-state index contributed by atoms with van der Waals surface area (Å²) in [4.78, 5) is 0. The molecular formula is C16H19NO2. The first-order valence-electron chi connectivity index (χ1n) is 6.37. The Labute approximate surface area is 114 Å². The van der Waals surface area contributed by atoms with E-state index in [4.69, 9.17) is 15.2 Å². The van der Waals surface area contributed by atoms with Gasteiger partial charge >= 0.3 is 0 Å². The molecular weight excluding hydrogens is 238 g/mol. The standard InChI is InChI=1S/C16H19NO2/c1-3-12-6-9-15(16(10-12)18-2)19-11-13-4-7-14(17)8-5-13/h4-10H,3,11,17H2,1-2H3. The van der Waals surface area contributed by atoms with Crippen LogP contribution in [0.5, 0.6) is 11.5 Å². The summed E-state index contributed by atoms with van der Waals surface area (Å²) in [7, 11) is 1.66. The number of rotatable bonds is 5. The van der Waals surface area contributed by atoms with Gasteiger partial charge in [-0.15, -0.1) is 0 Å². The summed E-state index contributed by atoms with van der Waals surface area (Å²) in [5.41, 5.74) is 8.72. The smallest absolute Gasteiger partial charge is 0.161 e. The third kappa shape index (κ3) is 3.41. The summed E-state index contributed by atoms with van der Waals surface area (Å²) in [5.74, 6) is 1.53. The van der Waals surface area contributed by atoms with Gasteiger partial charge < -0.3 is 15.2 Å². The van der Waals surface area contributed by atoms with E-state index in [2.05, 4.69) is 13.0 Å². The molecule has 0 saturated carbocycles. The minimum atomic E-state index is 0.502. The van der Waals surface area contributed by atoms with Crippen molar-refractivity contribution in [2.75, 3.05) is 12.8 Å². The number of hydrogen-bond donors (Lipinski definition) is 1. The van der Waals surface area contributed by atoms with Crippen molar-refractivity contribution in [3.8, 4) is 11.5 Å². The van der Waals surface area contributed by atoms with Gasteiger partial charge in [-0.3, -0.25) is 0 Å². The molecule has 0 spiro atoms. The Kier molecular flexibility index (Phi) is 4.29. The first-order chi connectivity index (χ1) is 9.22. The average molecular weight is 257 g/mol. The normalized spacial score (nSPS) is 10.2. The quantitative estimate of drug-likeness (QED) is 0.835. The lowest BCUT2D eigenvalue weighted by atomic mass is 10.1. The lowest BCUT2D eigenvalue weighted by Gasteiger charge is -2.12. The molecule has 2 N–H and O–H groups in total. The largest absolute Gasteiger partial charge is 0.493 e. The van der Waals surface area contributed by atoms with Crippen LogP contribution in [-0.4, -0.2) is 7.11 Å². The fourth-order valence-corrected chi connectivity index (χ4v) is 1.83. The molecule has 0 radical (unpaired) electrons. The highest BCUT2D eigenvalue weighted by molar-refractivity contribution is 5.43. The van der Waals surface area contributed by atoms with Gasteiger partial charge in [0.05, 0.1) is 7.11 Å². The van der Waals surface area contributed by atoms with Crippen LogP contribution in [0.3, 0.4) is 0 Å². The topological polar surface area (TPSA) is 44.5 Å². The van der Waals surface area contributed by atoms with Crippen LogP contribution in [0, 0.1) is 0 Å². The van der Waals surface area contributed by atoms with E-state index in [0.29, 0.717) is 6.61 Å². The van der Waals surface area contributed by atoms with E-state index in [1.807, 2.05) is 36.4 Å². The molecule has 0 aliphatic rings. The molecule has 2 rings (SSSR count). The van der Waals surface area contributed by atoms with Crippen molar-refractivity contribution >= 4 is 5.69 Å². The Morgan fingerprint density at radius 2 is 1.63 bits per heavy atom. The molecule has 0 heterocycles. The fraction of sp³-hybridized carbons (Fsp3) is 0.250. The number of ether oxygens (including phenoxy) is 2. The van der Waals surface area contributed by atoms with Crippen LogP contribution >= 0.6 is 0 Å². The third-order valence-electron chi connectivity index (χ3n) is 3.01. The monoisotopic (exact) mass is 257 g/mol. The van der Waals surface area contributed by atoms with Gasteiger partial charge in [-0.25, -0.2) is 0 Å². The predicted octanol–water partition coefficient (Wildman–Crippen LogP) is 3.42. The van der Waals surface area contributed by atoms with Crippen LogP contribution in [-0.2, 0) is 13.0 Å². The maximum absolute atomic E-state index is 5.79. The Balaban J connectivity index is 2.08. The Morgan fingerprint density at radius 3 is 2.26 bits per heavy atom. The van der Waals surface area contributed by atoms with Crippen LogP contribution in [0.25, 0.3) is 0 Å². The number of nitrogen functional groups attached to an aromatic ring is 1. The maximum Gasteiger partial charge on any atom is 0.161 e. The van der Waals surface area contributed by atoms with E-state index in [1.165, 1.54) is 5.56 Å². The maximum atomic E-state index is 5.79. The molecule has 0 fully saturated rings. The number of hydrogen-bond acceptors (Lipinski definition) is 3. The first kappa shape index (κ1) is 13.3. The molecule has 0 bridgehead atoms. The summed E-state index contributed by atoms with van der Waals surface area (Å²) in [6.07, 6.45) is 0.981. The molecule has 2 aromatic carbocycles. The molecule has 3 nitrogen and oxygen atoms in total. The molecule has 0 atom stereocenters. The van der Waals surface area contributed by atoms with Gasteiger partial charge in [0.15, 0.2) is 11.5 Å². The van der Waals surface area contributed by atoms with Crippen LogP contribution in [0.15, 0.2) is 42.5 Å². The van der Waals surface area contributed by atoms with Crippen molar-refractivity contribution < 1.29 is 9.47 Å². The number of anilines is 1. The number of aryl methyl sites for hydroxylation is 1. The van der Waals surface area contributed by atoms with Crippen molar-refractivity contribution in [2.45, 2.75) is 20.0 Å². The lowest BCUT2D eigenvalue weighted by molar-refractivity contribution is 0.284. The highest BCUT2D eigenvalue weighted by Gasteiger charge is 2.05. The molecule has 2 aromatic rings. The van der Waals surface area contributed by atoms with Crippen molar-refractivity contribution in [2.24, 2.45) is 0 Å². The second kappa shape index (κ2) is 6.14. The molecule has 0 unspecified atom stereocenters. The van der Waals surface area contributed by atoms with Crippen molar-refractivity contribution in [3.63, 3.8) is 0 Å². The van der Waals surface area contributed by atoms with E-state index in [-0.39, 0.29) is 0 Å². The van der Waals surface area contributed by atoms with Crippen molar-refractivity contribution in [3.05, 3.63) is 53.6 Å². The van der Waals surface area contributed by atoms with Gasteiger partial charge in [0.2, 0.25) is 0 Å². The van der Waals surface area contributed by atoms with E-state index >= 15 is 0 Å². The summed E-state index contributed by atoms with van der Waals surface area (Å²) < 4.78 is 11.1. The Bertz CT molecular complexity index is 535. The number of nitrogens with two attached hydrogens (primary N) is 1. The molecule has 0 aromatic heterocycles. The molecule has 3 heteroatoms. The van der Waals surface area contributed by atoms with E-state index in [1.54, 1.807) is 7.11 Å². The van der Waals surface area contributed by atoms with Gasteiger partial charge in [0, 0.05) is 5.69 Å². The Morgan fingerprint density at radius 1 is 0.947 bits per heavy atom. The first-order valence-corrected chi connectivity index (χ1v) is 6.37. The predicted molar refractivity (Wildman–Crippen MR) is 77.6 cm³/mol. The summed E-state index contributed by atoms with van der Waals surface area (Å²) in [6, 6.07) is 13.7. The number of benzene rings is 2. The summed E-state index contributed by atoms with van der Waals surface area (Å²) in [5, 5.41) is 0. The van der Waals surface area contributed by atoms with Crippen LogP contribution in [0.2, 0.25) is 0 Å². The minimum absolute atomic E-state index is 0.502. The molecule has 0 amide bonds. The summed E-state index contributed by atoms with van der Waals surface area (Å²) >= 11 is 0. The summed E-state index contributed by atoms with van der Waals surface area (Å²) in [6.45, 7) is 2.62. The van der Waals surface area contributed by atoms with Gasteiger partial charge in [-0.1, -0.05) is 25.1 Å². The average Bonchev–Trinajstić information content (AvgIpc) is 2.46. The van der Waals surface area contributed by atoms with Crippen LogP contribution < -0.4 is 15.2 Å². The molecule has 0 aliphatic heterocycles. The van der Waals surface area contributed by atoms with E-state index in [9.17, 15) is 0 Å². The highest BCUT2D eigenvalue weighted by atomic mass is 16.5. The van der Waals surface area contributed by atoms with Crippen LogP contribution in [0.1, 0.15) is 18.1 Å². The molecule has 0 aliphatic carbocycles. The van der Waals surface area contributed by atoms with Gasteiger partial charge in [0.1, 0.15) is 6.61 Å². The van der Waals surface area contributed by atoms with Gasteiger partial charge in [-0.05, 0) is 41.8 Å². The van der Waals surface area contributed by atoms with Crippen molar-refractivity contribution in [1.29, 1.82) is 0 Å². The fourth-order valence-electron chi connectivity index (χ4n) is 1.83. The van der Waals surface area contributed by atoms with E-state index < -0.39 is 0 Å². The zero-order valence-electron chi connectivity index (χ0n) is 11.3. The van der Waals surface area contributed by atoms with Gasteiger partial charge in [-0.2, -0.15) is 0 Å². The zero-order chi connectivity index (χ0) is 13.7. The van der Waals surface area contributed by atoms with Gasteiger partial charge in [0.25, 0.3) is 0 Å². The third-order valence-corrected chi connectivity index (χ3v) is 3.01. The molecule has 100 valence electrons. The zero-order valence-corrected chi connectivity index (χ0v) is 11.3. The minimum Gasteiger partial charge on any atom is -0.493 e. The van der Waals surface area contributed by atoms with Crippen LogP contribution in [0.4, 0.5) is 5.69 Å². The van der Waals surface area contributed by atoms with Crippen molar-refractivity contribution in [1.82, 2.24) is 0 Å².